The molecule has 186 valence electrons. The summed E-state index contributed by atoms with van der Waals surface area (Å²) >= 11 is 12.4. The van der Waals surface area contributed by atoms with E-state index in [1.54, 1.807) is 24.3 Å². The number of aliphatic hydroxyl groups is 1. The number of benzene rings is 3. The van der Waals surface area contributed by atoms with Crippen molar-refractivity contribution in [1.29, 1.82) is 0 Å². The highest BCUT2D eigenvalue weighted by Crippen LogP contribution is 2.45. The summed E-state index contributed by atoms with van der Waals surface area (Å²) in [7, 11) is 4.29. The van der Waals surface area contributed by atoms with Gasteiger partial charge in [0.25, 0.3) is 11.7 Å². The normalized spacial score (nSPS) is 16.8. The molecular weight excluding hydrogens is 509 g/mol. The van der Waals surface area contributed by atoms with E-state index in [2.05, 4.69) is 0 Å². The smallest absolute Gasteiger partial charge is 0.300 e. The largest absolute Gasteiger partial charge is 0.507 e. The number of nitrogens with zero attached hydrogens (tertiary/aromatic N) is 1. The van der Waals surface area contributed by atoms with Crippen molar-refractivity contribution in [3.63, 3.8) is 0 Å². The van der Waals surface area contributed by atoms with E-state index >= 15 is 0 Å². The van der Waals surface area contributed by atoms with Crippen molar-refractivity contribution in [1.82, 2.24) is 0 Å². The second-order valence-electron chi connectivity index (χ2n) is 7.77. The number of carbonyl (C=O) groups excluding carboxylic acids is 2. The van der Waals surface area contributed by atoms with E-state index in [4.69, 9.17) is 37.4 Å². The zero-order valence-corrected chi connectivity index (χ0v) is 20.9. The maximum absolute atomic E-state index is 13.4. The van der Waals surface area contributed by atoms with Gasteiger partial charge in [0.2, 0.25) is 0 Å². The lowest BCUT2D eigenvalue weighted by atomic mass is 9.94. The van der Waals surface area contributed by atoms with Crippen LogP contribution in [0.25, 0.3) is 5.76 Å². The fourth-order valence-electron chi connectivity index (χ4n) is 4.04. The van der Waals surface area contributed by atoms with Crippen molar-refractivity contribution >= 4 is 46.3 Å². The molecule has 1 amide bonds. The van der Waals surface area contributed by atoms with Crippen molar-refractivity contribution in [3.05, 3.63) is 81.3 Å². The standard InChI is InChI=1S/C26H21Cl2NO7/c1-34-15-7-5-14(6-8-15)29-23(13-4-9-19(30)17(27)10-13)22(25(32)26(29)33)24(31)16-11-21(36-3)18(28)12-20(16)35-2/h4-12,23,30-31H,1-3H3/b24-22+. The van der Waals surface area contributed by atoms with E-state index in [0.29, 0.717) is 17.0 Å². The Kier molecular flexibility index (Phi) is 7.01. The van der Waals surface area contributed by atoms with Gasteiger partial charge in [-0.25, -0.2) is 0 Å². The number of methoxy groups -OCH3 is 3. The van der Waals surface area contributed by atoms with Gasteiger partial charge in [0.05, 0.1) is 48.6 Å². The molecule has 1 atom stereocenters. The van der Waals surface area contributed by atoms with Gasteiger partial charge in [-0.1, -0.05) is 29.3 Å². The fourth-order valence-corrected chi connectivity index (χ4v) is 4.46. The van der Waals surface area contributed by atoms with Gasteiger partial charge in [-0.3, -0.25) is 14.5 Å². The molecule has 1 fully saturated rings. The van der Waals surface area contributed by atoms with Gasteiger partial charge in [0.15, 0.2) is 0 Å². The average molecular weight is 530 g/mol. The molecule has 10 heteroatoms. The van der Waals surface area contributed by atoms with E-state index in [1.165, 1.54) is 56.6 Å². The number of carbonyl (C=O) groups is 2. The average Bonchev–Trinajstić information content (AvgIpc) is 3.15. The number of ether oxygens (including phenoxy) is 3. The molecule has 1 unspecified atom stereocenters. The maximum Gasteiger partial charge on any atom is 0.300 e. The van der Waals surface area contributed by atoms with Crippen LogP contribution in [0.15, 0.2) is 60.2 Å². The predicted molar refractivity (Wildman–Crippen MR) is 135 cm³/mol. The zero-order chi connectivity index (χ0) is 26.1. The first-order chi connectivity index (χ1) is 17.2. The molecule has 36 heavy (non-hydrogen) atoms. The van der Waals surface area contributed by atoms with Gasteiger partial charge < -0.3 is 24.4 Å². The second kappa shape index (κ2) is 10.0. The number of aromatic hydroxyl groups is 1. The van der Waals surface area contributed by atoms with Crippen LogP contribution in [0.4, 0.5) is 5.69 Å². The van der Waals surface area contributed by atoms with Crippen LogP contribution in [0.1, 0.15) is 17.2 Å². The lowest BCUT2D eigenvalue weighted by Gasteiger charge is -2.26. The molecule has 3 aromatic rings. The van der Waals surface area contributed by atoms with Crippen LogP contribution < -0.4 is 19.1 Å². The van der Waals surface area contributed by atoms with E-state index in [0.717, 1.165) is 0 Å². The summed E-state index contributed by atoms with van der Waals surface area (Å²) in [5.74, 6) is -1.51. The van der Waals surface area contributed by atoms with Crippen molar-refractivity contribution < 1.29 is 34.0 Å². The number of phenols is 1. The van der Waals surface area contributed by atoms with Crippen molar-refractivity contribution in [2.75, 3.05) is 26.2 Å². The Morgan fingerprint density at radius 3 is 2.11 bits per heavy atom. The highest BCUT2D eigenvalue weighted by Gasteiger charge is 2.47. The molecule has 1 aliphatic heterocycles. The van der Waals surface area contributed by atoms with Crippen LogP contribution in [0.2, 0.25) is 10.0 Å². The molecule has 0 radical (unpaired) electrons. The highest BCUT2D eigenvalue weighted by molar-refractivity contribution is 6.51. The minimum Gasteiger partial charge on any atom is -0.507 e. The minimum absolute atomic E-state index is 0.0126. The molecule has 0 saturated carbocycles. The molecule has 0 aliphatic carbocycles. The molecule has 1 aliphatic rings. The van der Waals surface area contributed by atoms with E-state index in [-0.39, 0.29) is 38.4 Å². The number of rotatable bonds is 6. The van der Waals surface area contributed by atoms with Crippen LogP contribution in [0.5, 0.6) is 23.0 Å². The Morgan fingerprint density at radius 2 is 1.53 bits per heavy atom. The molecule has 8 nitrogen and oxygen atoms in total. The molecule has 2 N–H and O–H groups in total. The highest BCUT2D eigenvalue weighted by atomic mass is 35.5. The van der Waals surface area contributed by atoms with Crippen molar-refractivity contribution in [3.8, 4) is 23.0 Å². The first-order valence-corrected chi connectivity index (χ1v) is 11.3. The van der Waals surface area contributed by atoms with Crippen LogP contribution in [0, 0.1) is 0 Å². The Bertz CT molecular complexity index is 1390. The fraction of sp³-hybridized carbons (Fsp3) is 0.154. The third kappa shape index (κ3) is 4.29. The van der Waals surface area contributed by atoms with Gasteiger partial charge >= 0.3 is 0 Å². The first kappa shape index (κ1) is 25.2. The molecular formula is C26H21Cl2NO7. The Morgan fingerprint density at radius 1 is 0.861 bits per heavy atom. The van der Waals surface area contributed by atoms with Crippen LogP contribution in [-0.4, -0.2) is 43.2 Å². The molecule has 0 aromatic heterocycles. The number of halogens is 2. The lowest BCUT2D eigenvalue weighted by Crippen LogP contribution is -2.29. The summed E-state index contributed by atoms with van der Waals surface area (Å²) in [5, 5.41) is 21.6. The van der Waals surface area contributed by atoms with Gasteiger partial charge in [-0.15, -0.1) is 0 Å². The summed E-state index contributed by atoms with van der Waals surface area (Å²) in [6.45, 7) is 0. The third-order valence-corrected chi connectivity index (χ3v) is 6.41. The zero-order valence-electron chi connectivity index (χ0n) is 19.4. The first-order valence-electron chi connectivity index (χ1n) is 10.6. The third-order valence-electron chi connectivity index (χ3n) is 5.81. The number of anilines is 1. The SMILES string of the molecule is COc1ccc(N2C(=O)C(=O)/C(=C(/O)c3cc(OC)c(Cl)cc3OC)C2c2ccc(O)c(Cl)c2)cc1. The van der Waals surface area contributed by atoms with E-state index < -0.39 is 23.5 Å². The monoisotopic (exact) mass is 529 g/mol. The summed E-state index contributed by atoms with van der Waals surface area (Å²) in [5.41, 5.74) is 0.655. The molecule has 3 aromatic carbocycles. The number of ketones is 1. The van der Waals surface area contributed by atoms with Gasteiger partial charge in [-0.05, 0) is 48.0 Å². The number of phenolic OH excluding ortho intramolecular Hbond substituents is 1. The van der Waals surface area contributed by atoms with E-state index in [1.807, 2.05) is 0 Å². The van der Waals surface area contributed by atoms with Gasteiger partial charge in [0, 0.05) is 11.8 Å². The summed E-state index contributed by atoms with van der Waals surface area (Å²) < 4.78 is 15.8. The van der Waals surface area contributed by atoms with Gasteiger partial charge in [-0.2, -0.15) is 0 Å². The minimum atomic E-state index is -1.08. The Labute approximate surface area is 216 Å². The quantitative estimate of drug-likeness (QED) is 0.252. The molecule has 0 bridgehead atoms. The molecule has 1 heterocycles. The predicted octanol–water partition coefficient (Wildman–Crippen LogP) is 5.35. The summed E-state index contributed by atoms with van der Waals surface area (Å²) in [6.07, 6.45) is 0. The number of hydrogen-bond acceptors (Lipinski definition) is 7. The Balaban J connectivity index is 2.00. The van der Waals surface area contributed by atoms with Crippen LogP contribution >= 0.6 is 23.2 Å². The topological polar surface area (TPSA) is 106 Å². The summed E-state index contributed by atoms with van der Waals surface area (Å²) in [6, 6.07) is 12.6. The number of Topliss-reactive ketones (excluding diaryl/α,β-unsaturated/α-hetero) is 1. The Hall–Kier alpha value is -3.88. The number of aliphatic hydroxyl groups excluding tert-OH is 1. The number of amides is 1. The van der Waals surface area contributed by atoms with Crippen LogP contribution in [0.3, 0.4) is 0 Å². The summed E-state index contributed by atoms with van der Waals surface area (Å²) in [4.78, 5) is 27.9. The van der Waals surface area contributed by atoms with Crippen molar-refractivity contribution in [2.45, 2.75) is 6.04 Å². The maximum atomic E-state index is 13.4. The molecule has 4 rings (SSSR count). The molecule has 1 saturated heterocycles. The van der Waals surface area contributed by atoms with Crippen molar-refractivity contribution in [2.24, 2.45) is 0 Å². The van der Waals surface area contributed by atoms with E-state index in [9.17, 15) is 19.8 Å². The van der Waals surface area contributed by atoms with Gasteiger partial charge in [0.1, 0.15) is 28.8 Å². The number of hydrogen-bond donors (Lipinski definition) is 2. The van der Waals surface area contributed by atoms with Crippen LogP contribution in [-0.2, 0) is 9.59 Å². The second-order valence-corrected chi connectivity index (χ2v) is 8.58. The molecule has 0 spiro atoms. The lowest BCUT2D eigenvalue weighted by molar-refractivity contribution is -0.132.